The van der Waals surface area contributed by atoms with Crippen LogP contribution in [0.3, 0.4) is 0 Å². The third-order valence-electron chi connectivity index (χ3n) is 2.89. The van der Waals surface area contributed by atoms with Crippen LogP contribution in [0.2, 0.25) is 0 Å². The van der Waals surface area contributed by atoms with Crippen molar-refractivity contribution >= 4 is 5.78 Å². The molecular weight excluding hydrogens is 256 g/mol. The number of benzene rings is 2. The summed E-state index contributed by atoms with van der Waals surface area (Å²) in [6.45, 7) is 0.246. The van der Waals surface area contributed by atoms with Gasteiger partial charge >= 0.3 is 0 Å². The lowest BCUT2D eigenvalue weighted by atomic mass is 10.1. The van der Waals surface area contributed by atoms with Crippen molar-refractivity contribution in [2.45, 2.75) is 6.61 Å². The molecule has 1 N–H and O–H groups in total. The molecule has 0 radical (unpaired) electrons. The molecule has 4 heteroatoms. The first kappa shape index (κ1) is 14.1. The molecule has 2 aliphatic heterocycles. The largest absolute Gasteiger partial charge is 0.496 e. The van der Waals surface area contributed by atoms with Gasteiger partial charge in [0.25, 0.3) is 0 Å². The molecule has 0 atom stereocenters. The maximum Gasteiger partial charge on any atom is 0.188 e. The molecule has 2 bridgehead atoms. The summed E-state index contributed by atoms with van der Waals surface area (Å²) in [5.41, 5.74) is 1.68. The molecule has 0 aromatic heterocycles. The Labute approximate surface area is 117 Å². The van der Waals surface area contributed by atoms with Gasteiger partial charge in [-0.2, -0.15) is 0 Å². The van der Waals surface area contributed by atoms with Crippen LogP contribution in [0.25, 0.3) is 0 Å². The first-order chi connectivity index (χ1) is 9.74. The molecule has 0 saturated carbocycles. The highest BCUT2D eigenvalue weighted by Crippen LogP contribution is 2.30. The van der Waals surface area contributed by atoms with Crippen LogP contribution in [0.4, 0.5) is 0 Å². The monoisotopic (exact) mass is 272 g/mol. The van der Waals surface area contributed by atoms with Gasteiger partial charge in [0.2, 0.25) is 0 Å². The number of rotatable bonds is 3. The zero-order valence-electron chi connectivity index (χ0n) is 11.2. The Morgan fingerprint density at radius 1 is 1.25 bits per heavy atom. The summed E-state index contributed by atoms with van der Waals surface area (Å²) in [6.07, 6.45) is 0. The van der Waals surface area contributed by atoms with Gasteiger partial charge in [-0.3, -0.25) is 4.79 Å². The summed E-state index contributed by atoms with van der Waals surface area (Å²) in [5.74, 6) is 1.59. The second kappa shape index (κ2) is 6.73. The Kier molecular flexibility index (Phi) is 4.74. The molecule has 4 rings (SSSR count). The SMILES string of the molecule is COc1cc2ccc1CO2.O=C(CO)c1ccccc1. The number of ketones is 1. The highest BCUT2D eigenvalue weighted by molar-refractivity contribution is 5.96. The minimum atomic E-state index is -0.413. The Hall–Kier alpha value is -2.33. The molecule has 4 nitrogen and oxygen atoms in total. The van der Waals surface area contributed by atoms with E-state index in [2.05, 4.69) is 0 Å². The molecule has 2 aliphatic rings. The lowest BCUT2D eigenvalue weighted by Gasteiger charge is -2.17. The second-order valence-electron chi connectivity index (χ2n) is 4.21. The van der Waals surface area contributed by atoms with Gasteiger partial charge in [0, 0.05) is 17.2 Å². The van der Waals surface area contributed by atoms with Crippen LogP contribution in [0.15, 0.2) is 48.5 Å². The summed E-state index contributed by atoms with van der Waals surface area (Å²) in [7, 11) is 1.67. The van der Waals surface area contributed by atoms with Gasteiger partial charge in [0.05, 0.1) is 7.11 Å². The Bertz CT molecular complexity index is 578. The summed E-state index contributed by atoms with van der Waals surface area (Å²) in [5, 5.41) is 8.44. The van der Waals surface area contributed by atoms with E-state index in [9.17, 15) is 4.79 Å². The smallest absolute Gasteiger partial charge is 0.188 e. The average Bonchev–Trinajstić information content (AvgIpc) is 2.56. The van der Waals surface area contributed by atoms with Crippen molar-refractivity contribution in [1.29, 1.82) is 0 Å². The van der Waals surface area contributed by atoms with Gasteiger partial charge in [0.1, 0.15) is 24.7 Å². The van der Waals surface area contributed by atoms with E-state index in [0.717, 1.165) is 17.1 Å². The fraction of sp³-hybridized carbons (Fsp3) is 0.188. The van der Waals surface area contributed by atoms with Crippen molar-refractivity contribution in [2.24, 2.45) is 0 Å². The summed E-state index contributed by atoms with van der Waals surface area (Å²) < 4.78 is 10.3. The zero-order valence-corrected chi connectivity index (χ0v) is 11.2. The van der Waals surface area contributed by atoms with Gasteiger partial charge in [-0.05, 0) is 12.1 Å². The summed E-state index contributed by atoms with van der Waals surface area (Å²) in [4.78, 5) is 10.8. The van der Waals surface area contributed by atoms with Crippen LogP contribution < -0.4 is 9.47 Å². The van der Waals surface area contributed by atoms with E-state index in [1.807, 2.05) is 24.3 Å². The van der Waals surface area contributed by atoms with E-state index in [1.54, 1.807) is 31.4 Å². The molecule has 104 valence electrons. The lowest BCUT2D eigenvalue weighted by molar-refractivity contribution is 0.0904. The van der Waals surface area contributed by atoms with Gasteiger partial charge in [-0.15, -0.1) is 0 Å². The molecular formula is C16H16O4. The van der Waals surface area contributed by atoms with Crippen molar-refractivity contribution in [3.63, 3.8) is 0 Å². The maximum absolute atomic E-state index is 10.8. The highest BCUT2D eigenvalue weighted by Gasteiger charge is 2.11. The number of fused-ring (bicyclic) bond motifs is 3. The Balaban J connectivity index is 0.000000147. The van der Waals surface area contributed by atoms with E-state index < -0.39 is 6.61 Å². The highest BCUT2D eigenvalue weighted by atomic mass is 16.5. The fourth-order valence-electron chi connectivity index (χ4n) is 1.81. The molecule has 0 fully saturated rings. The van der Waals surface area contributed by atoms with Crippen molar-refractivity contribution in [2.75, 3.05) is 13.7 Å². The van der Waals surface area contributed by atoms with E-state index in [4.69, 9.17) is 14.6 Å². The van der Waals surface area contributed by atoms with Crippen molar-refractivity contribution < 1.29 is 19.4 Å². The van der Waals surface area contributed by atoms with Gasteiger partial charge < -0.3 is 14.6 Å². The summed E-state index contributed by atoms with van der Waals surface area (Å²) >= 11 is 0. The number of hydrogen-bond acceptors (Lipinski definition) is 4. The van der Waals surface area contributed by atoms with Crippen LogP contribution in [0, 0.1) is 0 Å². The number of Topliss-reactive ketones (excluding diaryl/α,β-unsaturated/α-hetero) is 1. The number of aliphatic hydroxyl groups is 1. The summed E-state index contributed by atoms with van der Waals surface area (Å²) in [6, 6.07) is 14.6. The first-order valence-corrected chi connectivity index (χ1v) is 6.23. The molecule has 20 heavy (non-hydrogen) atoms. The second-order valence-corrected chi connectivity index (χ2v) is 4.21. The van der Waals surface area contributed by atoms with E-state index in [-0.39, 0.29) is 5.78 Å². The molecule has 0 unspecified atom stereocenters. The normalized spacial score (nSPS) is 11.1. The van der Waals surface area contributed by atoms with E-state index >= 15 is 0 Å². The minimum Gasteiger partial charge on any atom is -0.496 e. The van der Waals surface area contributed by atoms with Crippen molar-refractivity contribution in [3.8, 4) is 11.5 Å². The maximum atomic E-state index is 10.8. The number of methoxy groups -OCH3 is 1. The molecule has 2 aromatic rings. The van der Waals surface area contributed by atoms with Crippen LogP contribution in [-0.4, -0.2) is 24.6 Å². The van der Waals surface area contributed by atoms with Crippen LogP contribution >= 0.6 is 0 Å². The molecule has 0 aliphatic carbocycles. The number of hydrogen-bond donors (Lipinski definition) is 1. The first-order valence-electron chi connectivity index (χ1n) is 6.23. The predicted molar refractivity (Wildman–Crippen MR) is 75.2 cm³/mol. The number of carbonyl (C=O) groups excluding carboxylic acids is 1. The van der Waals surface area contributed by atoms with E-state index in [0.29, 0.717) is 12.2 Å². The third kappa shape index (κ3) is 3.36. The topological polar surface area (TPSA) is 55.8 Å². The predicted octanol–water partition coefficient (Wildman–Crippen LogP) is 2.45. The third-order valence-corrected chi connectivity index (χ3v) is 2.89. The molecule has 0 amide bonds. The van der Waals surface area contributed by atoms with Crippen molar-refractivity contribution in [1.82, 2.24) is 0 Å². The fourth-order valence-corrected chi connectivity index (χ4v) is 1.81. The van der Waals surface area contributed by atoms with Crippen LogP contribution in [-0.2, 0) is 6.61 Å². The minimum absolute atomic E-state index is 0.236. The molecule has 0 saturated heterocycles. The molecule has 2 aromatic carbocycles. The number of ether oxygens (including phenoxy) is 2. The molecule has 2 heterocycles. The average molecular weight is 272 g/mol. The Morgan fingerprint density at radius 2 is 2.00 bits per heavy atom. The lowest BCUT2D eigenvalue weighted by Crippen LogP contribution is -2.04. The molecule has 0 spiro atoms. The van der Waals surface area contributed by atoms with E-state index in [1.165, 1.54) is 0 Å². The number of carbonyl (C=O) groups is 1. The zero-order chi connectivity index (χ0) is 14.4. The number of aliphatic hydroxyl groups excluding tert-OH is 1. The van der Waals surface area contributed by atoms with Crippen LogP contribution in [0.5, 0.6) is 11.5 Å². The van der Waals surface area contributed by atoms with Crippen molar-refractivity contribution in [3.05, 3.63) is 59.7 Å². The standard InChI is InChI=1S/2C8H8O2/c1-9-8-4-7-3-2-6(8)5-10-7;9-6-8(10)7-4-2-1-3-5-7/h2-4H,5H2,1H3;1-5,9H,6H2. The Morgan fingerprint density at radius 3 is 2.40 bits per heavy atom. The van der Waals surface area contributed by atoms with Crippen LogP contribution in [0.1, 0.15) is 15.9 Å². The van der Waals surface area contributed by atoms with Gasteiger partial charge in [0.15, 0.2) is 5.78 Å². The van der Waals surface area contributed by atoms with Gasteiger partial charge in [-0.1, -0.05) is 30.3 Å². The quantitative estimate of drug-likeness (QED) is 0.872. The van der Waals surface area contributed by atoms with Gasteiger partial charge in [-0.25, -0.2) is 0 Å².